The Morgan fingerprint density at radius 2 is 2.15 bits per heavy atom. The molecular weight excluding hydrogens is 252 g/mol. The molecule has 1 aromatic rings. The number of ether oxygens (including phenoxy) is 1. The molecule has 0 atom stereocenters. The second kappa shape index (κ2) is 7.17. The lowest BCUT2D eigenvalue weighted by Crippen LogP contribution is -2.10. The summed E-state index contributed by atoms with van der Waals surface area (Å²) in [6.07, 6.45) is 7.99. The lowest BCUT2D eigenvalue weighted by Gasteiger charge is -2.13. The summed E-state index contributed by atoms with van der Waals surface area (Å²) >= 11 is 0. The maximum atomic E-state index is 11.6. The van der Waals surface area contributed by atoms with Crippen LogP contribution in [0.5, 0.6) is 0 Å². The second-order valence-electron chi connectivity index (χ2n) is 5.48. The van der Waals surface area contributed by atoms with Gasteiger partial charge in [-0.2, -0.15) is 0 Å². The highest BCUT2D eigenvalue weighted by molar-refractivity contribution is 5.98. The normalized spacial score (nSPS) is 15.2. The first-order valence-corrected chi connectivity index (χ1v) is 7.43. The fraction of sp³-hybridized carbons (Fsp3) is 0.562. The first-order chi connectivity index (χ1) is 9.72. The minimum absolute atomic E-state index is 0.392. The monoisotopic (exact) mass is 276 g/mol. The van der Waals surface area contributed by atoms with Crippen LogP contribution >= 0.6 is 0 Å². The SMILES string of the molecule is COC(=O)c1cccc(NCCCC2CCCC2)c1N. The fourth-order valence-corrected chi connectivity index (χ4v) is 2.92. The van der Waals surface area contributed by atoms with Gasteiger partial charge >= 0.3 is 5.97 Å². The van der Waals surface area contributed by atoms with Crippen LogP contribution in [0.4, 0.5) is 11.4 Å². The number of para-hydroxylation sites is 1. The van der Waals surface area contributed by atoms with Gasteiger partial charge in [0.05, 0.1) is 24.0 Å². The molecular formula is C16H24N2O2. The van der Waals surface area contributed by atoms with E-state index in [0.29, 0.717) is 11.3 Å². The van der Waals surface area contributed by atoms with Crippen molar-refractivity contribution < 1.29 is 9.53 Å². The first kappa shape index (κ1) is 14.7. The molecule has 4 nitrogen and oxygen atoms in total. The first-order valence-electron chi connectivity index (χ1n) is 7.43. The van der Waals surface area contributed by atoms with E-state index in [1.54, 1.807) is 6.07 Å². The molecule has 2 rings (SSSR count). The summed E-state index contributed by atoms with van der Waals surface area (Å²) in [5.41, 5.74) is 7.72. The number of hydrogen-bond donors (Lipinski definition) is 2. The minimum Gasteiger partial charge on any atom is -0.465 e. The number of benzene rings is 1. The molecule has 1 aliphatic rings. The Hall–Kier alpha value is -1.71. The third-order valence-electron chi connectivity index (χ3n) is 4.09. The Bertz CT molecular complexity index is 454. The van der Waals surface area contributed by atoms with Gasteiger partial charge in [-0.3, -0.25) is 0 Å². The van der Waals surface area contributed by atoms with Gasteiger partial charge in [0, 0.05) is 6.54 Å². The van der Waals surface area contributed by atoms with E-state index >= 15 is 0 Å². The highest BCUT2D eigenvalue weighted by atomic mass is 16.5. The molecule has 4 heteroatoms. The zero-order valence-corrected chi connectivity index (χ0v) is 12.2. The van der Waals surface area contributed by atoms with E-state index in [2.05, 4.69) is 5.32 Å². The lowest BCUT2D eigenvalue weighted by molar-refractivity contribution is 0.0602. The quantitative estimate of drug-likeness (QED) is 0.474. The number of nitrogens with two attached hydrogens (primary N) is 1. The van der Waals surface area contributed by atoms with Crippen LogP contribution in [-0.2, 0) is 4.74 Å². The van der Waals surface area contributed by atoms with Gasteiger partial charge in [-0.1, -0.05) is 31.7 Å². The fourth-order valence-electron chi connectivity index (χ4n) is 2.92. The van der Waals surface area contributed by atoms with E-state index in [9.17, 15) is 4.79 Å². The predicted molar refractivity (Wildman–Crippen MR) is 81.9 cm³/mol. The van der Waals surface area contributed by atoms with E-state index < -0.39 is 5.97 Å². The molecule has 0 aromatic heterocycles. The number of rotatable bonds is 6. The molecule has 1 saturated carbocycles. The second-order valence-corrected chi connectivity index (χ2v) is 5.48. The van der Waals surface area contributed by atoms with Crippen LogP contribution in [0.2, 0.25) is 0 Å². The summed E-state index contributed by atoms with van der Waals surface area (Å²) in [5.74, 6) is 0.521. The zero-order valence-electron chi connectivity index (χ0n) is 12.2. The van der Waals surface area contributed by atoms with Gasteiger partial charge in [0.15, 0.2) is 0 Å². The van der Waals surface area contributed by atoms with Crippen molar-refractivity contribution in [1.29, 1.82) is 0 Å². The van der Waals surface area contributed by atoms with E-state index in [1.807, 2.05) is 12.1 Å². The predicted octanol–water partition coefficient (Wildman–Crippen LogP) is 3.44. The maximum absolute atomic E-state index is 11.6. The van der Waals surface area contributed by atoms with Crippen molar-refractivity contribution in [2.45, 2.75) is 38.5 Å². The van der Waals surface area contributed by atoms with E-state index in [0.717, 1.165) is 24.6 Å². The third kappa shape index (κ3) is 3.65. The number of anilines is 2. The van der Waals surface area contributed by atoms with Crippen LogP contribution in [0, 0.1) is 5.92 Å². The summed E-state index contributed by atoms with van der Waals surface area (Å²) in [5, 5.41) is 3.32. The van der Waals surface area contributed by atoms with E-state index in [4.69, 9.17) is 10.5 Å². The van der Waals surface area contributed by atoms with Crippen LogP contribution in [0.15, 0.2) is 18.2 Å². The molecule has 0 heterocycles. The van der Waals surface area contributed by atoms with Gasteiger partial charge in [-0.15, -0.1) is 0 Å². The number of carbonyl (C=O) groups excluding carboxylic acids is 1. The largest absolute Gasteiger partial charge is 0.465 e. The summed E-state index contributed by atoms with van der Waals surface area (Å²) in [6, 6.07) is 5.41. The van der Waals surface area contributed by atoms with Crippen LogP contribution in [0.25, 0.3) is 0 Å². The summed E-state index contributed by atoms with van der Waals surface area (Å²) in [6.45, 7) is 0.894. The number of carbonyl (C=O) groups is 1. The number of nitrogens with one attached hydrogen (secondary N) is 1. The van der Waals surface area contributed by atoms with Gasteiger partial charge < -0.3 is 15.8 Å². The van der Waals surface area contributed by atoms with Crippen LogP contribution < -0.4 is 11.1 Å². The zero-order chi connectivity index (χ0) is 14.4. The average molecular weight is 276 g/mol. The Morgan fingerprint density at radius 1 is 1.40 bits per heavy atom. The Morgan fingerprint density at radius 3 is 2.85 bits per heavy atom. The number of methoxy groups -OCH3 is 1. The maximum Gasteiger partial charge on any atom is 0.340 e. The van der Waals surface area contributed by atoms with Gasteiger partial charge in [-0.05, 0) is 30.9 Å². The number of esters is 1. The van der Waals surface area contributed by atoms with Gasteiger partial charge in [0.1, 0.15) is 0 Å². The minimum atomic E-state index is -0.392. The number of nitrogen functional groups attached to an aromatic ring is 1. The van der Waals surface area contributed by atoms with Crippen molar-refractivity contribution >= 4 is 17.3 Å². The molecule has 0 unspecified atom stereocenters. The Labute approximate surface area is 120 Å². The Kier molecular flexibility index (Phi) is 5.27. The molecule has 1 aromatic carbocycles. The standard InChI is InChI=1S/C16H24N2O2/c1-20-16(19)13-9-4-10-14(15(13)17)18-11-5-8-12-6-2-3-7-12/h4,9-10,12,18H,2-3,5-8,11,17H2,1H3. The smallest absolute Gasteiger partial charge is 0.340 e. The highest BCUT2D eigenvalue weighted by Crippen LogP contribution is 2.29. The topological polar surface area (TPSA) is 64.3 Å². The molecule has 0 radical (unpaired) electrons. The van der Waals surface area contributed by atoms with Crippen molar-refractivity contribution in [3.63, 3.8) is 0 Å². The molecule has 0 amide bonds. The molecule has 0 saturated heterocycles. The van der Waals surface area contributed by atoms with E-state index in [-0.39, 0.29) is 0 Å². The molecule has 3 N–H and O–H groups in total. The van der Waals surface area contributed by atoms with E-state index in [1.165, 1.54) is 39.2 Å². The summed E-state index contributed by atoms with van der Waals surface area (Å²) in [7, 11) is 1.36. The van der Waals surface area contributed by atoms with Gasteiger partial charge in [0.2, 0.25) is 0 Å². The number of hydrogen-bond acceptors (Lipinski definition) is 4. The van der Waals surface area contributed by atoms with Gasteiger partial charge in [-0.25, -0.2) is 4.79 Å². The third-order valence-corrected chi connectivity index (χ3v) is 4.09. The Balaban J connectivity index is 1.84. The van der Waals surface area contributed by atoms with Crippen molar-refractivity contribution in [2.24, 2.45) is 5.92 Å². The van der Waals surface area contributed by atoms with Crippen LogP contribution in [-0.4, -0.2) is 19.6 Å². The summed E-state index contributed by atoms with van der Waals surface area (Å²) in [4.78, 5) is 11.6. The van der Waals surface area contributed by atoms with Crippen molar-refractivity contribution in [3.8, 4) is 0 Å². The molecule has 20 heavy (non-hydrogen) atoms. The molecule has 0 aliphatic heterocycles. The van der Waals surface area contributed by atoms with Crippen LogP contribution in [0.1, 0.15) is 48.9 Å². The lowest BCUT2D eigenvalue weighted by atomic mass is 10.0. The molecule has 1 aliphatic carbocycles. The molecule has 0 bridgehead atoms. The molecule has 0 spiro atoms. The van der Waals surface area contributed by atoms with Crippen molar-refractivity contribution in [1.82, 2.24) is 0 Å². The molecule has 1 fully saturated rings. The highest BCUT2D eigenvalue weighted by Gasteiger charge is 2.15. The van der Waals surface area contributed by atoms with Crippen molar-refractivity contribution in [2.75, 3.05) is 24.7 Å². The van der Waals surface area contributed by atoms with Crippen molar-refractivity contribution in [3.05, 3.63) is 23.8 Å². The van der Waals surface area contributed by atoms with Gasteiger partial charge in [0.25, 0.3) is 0 Å². The van der Waals surface area contributed by atoms with Crippen LogP contribution in [0.3, 0.4) is 0 Å². The molecule has 110 valence electrons. The average Bonchev–Trinajstić information content (AvgIpc) is 2.97. The summed E-state index contributed by atoms with van der Waals surface area (Å²) < 4.78 is 4.72.